The predicted molar refractivity (Wildman–Crippen MR) is 142 cm³/mol. The molecule has 0 radical (unpaired) electrons. The van der Waals surface area contributed by atoms with E-state index >= 15 is 0 Å². The molecule has 178 valence electrons. The quantitative estimate of drug-likeness (QED) is 0.397. The van der Waals surface area contributed by atoms with Crippen LogP contribution in [-0.4, -0.2) is 50.3 Å². The number of carbonyl (C=O) groups excluding carboxylic acids is 1. The number of hydrogen-bond acceptors (Lipinski definition) is 7. The third kappa shape index (κ3) is 4.17. The van der Waals surface area contributed by atoms with E-state index in [2.05, 4.69) is 23.1 Å². The maximum absolute atomic E-state index is 13.6. The van der Waals surface area contributed by atoms with Gasteiger partial charge in [0.2, 0.25) is 0 Å². The van der Waals surface area contributed by atoms with Crippen molar-refractivity contribution in [2.75, 3.05) is 24.6 Å². The van der Waals surface area contributed by atoms with Crippen LogP contribution in [-0.2, 0) is 22.5 Å². The Hall–Kier alpha value is -3.01. The summed E-state index contributed by atoms with van der Waals surface area (Å²) in [5.41, 5.74) is 3.33. The van der Waals surface area contributed by atoms with Crippen molar-refractivity contribution in [2.24, 2.45) is 0 Å². The summed E-state index contributed by atoms with van der Waals surface area (Å²) in [6, 6.07) is 13.9. The summed E-state index contributed by atoms with van der Waals surface area (Å²) >= 11 is 6.76. The first-order chi connectivity index (χ1) is 17.1. The number of amides is 1. The molecule has 1 aromatic carbocycles. The van der Waals surface area contributed by atoms with Gasteiger partial charge in [-0.2, -0.15) is 0 Å². The van der Waals surface area contributed by atoms with Gasteiger partial charge in [0.25, 0.3) is 11.5 Å². The van der Waals surface area contributed by atoms with Gasteiger partial charge in [-0.15, -0.1) is 0 Å². The maximum atomic E-state index is 13.6. The normalized spacial score (nSPS) is 21.4. The first-order valence-corrected chi connectivity index (χ1v) is 13.0. The second-order valence-electron chi connectivity index (χ2n) is 8.95. The molecule has 0 N–H and O–H groups in total. The van der Waals surface area contributed by atoms with Crippen LogP contribution >= 0.6 is 24.0 Å². The molecule has 1 amide bonds. The van der Waals surface area contributed by atoms with Crippen molar-refractivity contribution in [3.63, 3.8) is 0 Å². The van der Waals surface area contributed by atoms with Crippen LogP contribution in [0.1, 0.15) is 29.5 Å². The Morgan fingerprint density at radius 2 is 1.97 bits per heavy atom. The molecular formula is C26H24N4O3S2. The molecule has 6 rings (SSSR count). The average molecular weight is 505 g/mol. The molecule has 3 aliphatic rings. The van der Waals surface area contributed by atoms with Crippen molar-refractivity contribution in [3.05, 3.63) is 80.6 Å². The van der Waals surface area contributed by atoms with Gasteiger partial charge in [-0.3, -0.25) is 18.9 Å². The smallest absolute Gasteiger partial charge is 0.267 e. The lowest BCUT2D eigenvalue weighted by molar-refractivity contribution is -0.123. The topological polar surface area (TPSA) is 67.2 Å². The maximum Gasteiger partial charge on any atom is 0.267 e. The molecule has 0 aliphatic carbocycles. The number of hydrogen-bond donors (Lipinski definition) is 0. The summed E-state index contributed by atoms with van der Waals surface area (Å²) in [4.78, 5) is 36.0. The van der Waals surface area contributed by atoms with Crippen LogP contribution in [0.4, 0.5) is 5.82 Å². The summed E-state index contributed by atoms with van der Waals surface area (Å²) < 4.78 is 7.73. The van der Waals surface area contributed by atoms with E-state index in [4.69, 9.17) is 21.9 Å². The number of carbonyl (C=O) groups is 1. The van der Waals surface area contributed by atoms with E-state index in [0.717, 1.165) is 32.4 Å². The van der Waals surface area contributed by atoms with Crippen molar-refractivity contribution >= 4 is 51.7 Å². The van der Waals surface area contributed by atoms with E-state index in [-0.39, 0.29) is 17.6 Å². The highest BCUT2D eigenvalue weighted by Gasteiger charge is 2.35. The number of nitrogens with zero attached hydrogens (tertiary/aromatic N) is 4. The third-order valence-corrected chi connectivity index (χ3v) is 8.12. The molecule has 2 saturated heterocycles. The summed E-state index contributed by atoms with van der Waals surface area (Å²) in [6.45, 7) is 2.57. The van der Waals surface area contributed by atoms with Crippen LogP contribution < -0.4 is 10.5 Å². The first kappa shape index (κ1) is 22.5. The van der Waals surface area contributed by atoms with E-state index in [1.165, 1.54) is 27.3 Å². The minimum atomic E-state index is -0.200. The average Bonchev–Trinajstić information content (AvgIpc) is 3.49. The first-order valence-electron chi connectivity index (χ1n) is 11.8. The Labute approximate surface area is 212 Å². The second-order valence-corrected chi connectivity index (χ2v) is 10.6. The number of anilines is 1. The zero-order chi connectivity index (χ0) is 23.9. The van der Waals surface area contributed by atoms with Gasteiger partial charge in [0.1, 0.15) is 15.8 Å². The van der Waals surface area contributed by atoms with Crippen LogP contribution in [0.3, 0.4) is 0 Å². The van der Waals surface area contributed by atoms with Crippen LogP contribution in [0, 0.1) is 0 Å². The number of aromatic nitrogens is 2. The summed E-state index contributed by atoms with van der Waals surface area (Å²) in [5, 5.41) is 0. The largest absolute Gasteiger partial charge is 0.376 e. The molecular weight excluding hydrogens is 480 g/mol. The number of pyridine rings is 1. The fourth-order valence-electron chi connectivity index (χ4n) is 4.92. The van der Waals surface area contributed by atoms with Crippen LogP contribution in [0.25, 0.3) is 11.7 Å². The van der Waals surface area contributed by atoms with Crippen molar-refractivity contribution in [3.8, 4) is 0 Å². The Bertz CT molecular complexity index is 1430. The van der Waals surface area contributed by atoms with Gasteiger partial charge in [0.15, 0.2) is 0 Å². The molecule has 5 heterocycles. The summed E-state index contributed by atoms with van der Waals surface area (Å²) in [7, 11) is 0. The van der Waals surface area contributed by atoms with E-state index in [1.54, 1.807) is 23.2 Å². The van der Waals surface area contributed by atoms with Crippen molar-refractivity contribution in [1.82, 2.24) is 14.3 Å². The Morgan fingerprint density at radius 3 is 2.80 bits per heavy atom. The number of fused-ring (bicyclic) bond motifs is 2. The number of rotatable bonds is 4. The summed E-state index contributed by atoms with van der Waals surface area (Å²) in [5.74, 6) is 0.420. The number of ether oxygens (including phenoxy) is 1. The Kier molecular flexibility index (Phi) is 5.91. The molecule has 1 atom stereocenters. The minimum Gasteiger partial charge on any atom is -0.376 e. The SMILES string of the molecule is O=C1/C(=C\c2c(N3CCc4ccccc4C3)nc3ccccn3c2=O)SC(=S)N1CC1CCCO1. The van der Waals surface area contributed by atoms with Crippen molar-refractivity contribution in [2.45, 2.75) is 31.9 Å². The fourth-order valence-corrected chi connectivity index (χ4v) is 6.17. The van der Waals surface area contributed by atoms with Gasteiger partial charge in [-0.05, 0) is 48.6 Å². The van der Waals surface area contributed by atoms with Crippen LogP contribution in [0.15, 0.2) is 58.4 Å². The Morgan fingerprint density at radius 1 is 1.14 bits per heavy atom. The van der Waals surface area contributed by atoms with E-state index < -0.39 is 0 Å². The van der Waals surface area contributed by atoms with Gasteiger partial charge in [-0.1, -0.05) is 54.3 Å². The molecule has 0 bridgehead atoms. The molecule has 0 spiro atoms. The minimum absolute atomic E-state index is 0.00814. The van der Waals surface area contributed by atoms with E-state index in [0.29, 0.717) is 39.3 Å². The predicted octanol–water partition coefficient (Wildman–Crippen LogP) is 3.64. The molecule has 3 aromatic rings. The number of thiocarbonyl (C=S) groups is 1. The molecule has 1 unspecified atom stereocenters. The highest BCUT2D eigenvalue weighted by atomic mass is 32.2. The van der Waals surface area contributed by atoms with Crippen LogP contribution in [0.2, 0.25) is 0 Å². The zero-order valence-corrected chi connectivity index (χ0v) is 20.7. The number of benzene rings is 1. The molecule has 0 saturated carbocycles. The molecule has 2 aromatic heterocycles. The van der Waals surface area contributed by atoms with Gasteiger partial charge in [-0.25, -0.2) is 4.98 Å². The lowest BCUT2D eigenvalue weighted by Gasteiger charge is -2.30. The zero-order valence-electron chi connectivity index (χ0n) is 19.1. The van der Waals surface area contributed by atoms with Crippen molar-refractivity contribution < 1.29 is 9.53 Å². The highest BCUT2D eigenvalue weighted by Crippen LogP contribution is 2.35. The lowest BCUT2D eigenvalue weighted by Crippen LogP contribution is -2.35. The standard InChI is InChI=1S/C26H24N4O3S2/c31-24-20(14-21-25(32)30(26(34)35-21)16-19-8-5-13-33-19)23(27-22-9-3-4-11-29(22)24)28-12-10-17-6-1-2-7-18(17)15-28/h1-4,6-7,9,11,14,19H,5,8,10,12-13,15-16H2/b21-14+. The lowest BCUT2D eigenvalue weighted by atomic mass is 9.99. The molecule has 9 heteroatoms. The van der Waals surface area contributed by atoms with Gasteiger partial charge in [0, 0.05) is 25.9 Å². The van der Waals surface area contributed by atoms with Gasteiger partial charge >= 0.3 is 0 Å². The van der Waals surface area contributed by atoms with Crippen LogP contribution in [0.5, 0.6) is 0 Å². The monoisotopic (exact) mass is 504 g/mol. The molecule has 2 fully saturated rings. The molecule has 7 nitrogen and oxygen atoms in total. The van der Waals surface area contributed by atoms with Gasteiger partial charge < -0.3 is 9.64 Å². The third-order valence-electron chi connectivity index (χ3n) is 6.74. The molecule has 3 aliphatic heterocycles. The van der Waals surface area contributed by atoms with E-state index in [9.17, 15) is 9.59 Å². The number of thioether (sulfide) groups is 1. The second kappa shape index (κ2) is 9.22. The van der Waals surface area contributed by atoms with Crippen molar-refractivity contribution in [1.29, 1.82) is 0 Å². The van der Waals surface area contributed by atoms with E-state index in [1.807, 2.05) is 18.2 Å². The highest BCUT2D eigenvalue weighted by molar-refractivity contribution is 8.26. The molecule has 35 heavy (non-hydrogen) atoms. The Balaban J connectivity index is 1.41. The fraction of sp³-hybridized carbons (Fsp3) is 0.308. The summed E-state index contributed by atoms with van der Waals surface area (Å²) in [6.07, 6.45) is 6.19. The van der Waals surface area contributed by atoms with Gasteiger partial charge in [0.05, 0.1) is 23.1 Å².